The van der Waals surface area contributed by atoms with E-state index in [1.54, 1.807) is 0 Å². The molecule has 0 unspecified atom stereocenters. The maximum atomic E-state index is 5.28. The predicted molar refractivity (Wildman–Crippen MR) is 222 cm³/mol. The van der Waals surface area contributed by atoms with Gasteiger partial charge >= 0.3 is 0 Å². The van der Waals surface area contributed by atoms with E-state index >= 15 is 0 Å². The molecule has 9 aromatic rings. The molecule has 53 heavy (non-hydrogen) atoms. The van der Waals surface area contributed by atoms with Gasteiger partial charge in [0.2, 0.25) is 0 Å². The van der Waals surface area contributed by atoms with Gasteiger partial charge in [0, 0.05) is 22.1 Å². The van der Waals surface area contributed by atoms with Crippen LogP contribution in [0.3, 0.4) is 0 Å². The van der Waals surface area contributed by atoms with Gasteiger partial charge in [-0.3, -0.25) is 0 Å². The molecule has 250 valence electrons. The number of rotatable bonds is 5. The van der Waals surface area contributed by atoms with Crippen LogP contribution in [0.2, 0.25) is 0 Å². The van der Waals surface area contributed by atoms with E-state index in [4.69, 9.17) is 9.97 Å². The van der Waals surface area contributed by atoms with Crippen LogP contribution < -0.4 is 0 Å². The minimum Gasteiger partial charge on any atom is -0.228 e. The summed E-state index contributed by atoms with van der Waals surface area (Å²) in [5, 5.41) is 4.94. The van der Waals surface area contributed by atoms with Crippen molar-refractivity contribution < 1.29 is 0 Å². The summed E-state index contributed by atoms with van der Waals surface area (Å²) in [6, 6.07) is 65.2. The third-order valence-electron chi connectivity index (χ3n) is 11.1. The molecule has 2 heteroatoms. The lowest BCUT2D eigenvalue weighted by Gasteiger charge is -2.23. The van der Waals surface area contributed by atoms with Crippen molar-refractivity contribution in [1.82, 2.24) is 9.97 Å². The van der Waals surface area contributed by atoms with Crippen molar-refractivity contribution in [2.24, 2.45) is 0 Å². The summed E-state index contributed by atoms with van der Waals surface area (Å²) in [6.45, 7) is 4.75. The monoisotopic (exact) mass is 676 g/mol. The molecule has 0 saturated heterocycles. The second kappa shape index (κ2) is 12.3. The molecule has 0 saturated carbocycles. The Hall–Kier alpha value is -6.64. The number of hydrogen-bond donors (Lipinski definition) is 0. The molecule has 1 heterocycles. The van der Waals surface area contributed by atoms with E-state index in [9.17, 15) is 0 Å². The zero-order valence-corrected chi connectivity index (χ0v) is 29.7. The predicted octanol–water partition coefficient (Wildman–Crippen LogP) is 13.4. The first kappa shape index (κ1) is 31.1. The zero-order chi connectivity index (χ0) is 35.5. The van der Waals surface area contributed by atoms with Gasteiger partial charge in [0.25, 0.3) is 0 Å². The molecule has 10 rings (SSSR count). The Balaban J connectivity index is 1.15. The second-order valence-corrected chi connectivity index (χ2v) is 14.5. The van der Waals surface area contributed by atoms with Gasteiger partial charge in [-0.1, -0.05) is 184 Å². The van der Waals surface area contributed by atoms with Crippen LogP contribution in [0.4, 0.5) is 0 Å². The molecule has 0 fully saturated rings. The Labute approximate surface area is 310 Å². The lowest BCUT2D eigenvalue weighted by molar-refractivity contribution is 0.666. The number of aromatic nitrogens is 2. The Kier molecular flexibility index (Phi) is 7.19. The zero-order valence-electron chi connectivity index (χ0n) is 29.7. The summed E-state index contributed by atoms with van der Waals surface area (Å²) in [5.74, 6) is 0.715. The lowest BCUT2D eigenvalue weighted by Crippen LogP contribution is -2.15. The molecule has 1 aliphatic carbocycles. The summed E-state index contributed by atoms with van der Waals surface area (Å²) in [7, 11) is 0. The molecular formula is C51H36N2. The molecular weight excluding hydrogens is 641 g/mol. The molecule has 0 radical (unpaired) electrons. The summed E-state index contributed by atoms with van der Waals surface area (Å²) in [5.41, 5.74) is 15.1. The molecule has 1 aliphatic rings. The first-order chi connectivity index (χ1) is 26.0. The molecule has 0 aliphatic heterocycles. The first-order valence-electron chi connectivity index (χ1n) is 18.3. The third kappa shape index (κ3) is 5.10. The van der Waals surface area contributed by atoms with Crippen LogP contribution in [0.5, 0.6) is 0 Å². The smallest absolute Gasteiger partial charge is 0.161 e. The van der Waals surface area contributed by atoms with E-state index in [-0.39, 0.29) is 5.41 Å². The lowest BCUT2D eigenvalue weighted by atomic mass is 9.80. The molecule has 1 aromatic heterocycles. The number of benzene rings is 8. The normalized spacial score (nSPS) is 12.9. The minimum atomic E-state index is -0.126. The van der Waals surface area contributed by atoms with Crippen LogP contribution in [-0.4, -0.2) is 9.97 Å². The SMILES string of the molecule is CC1(C)c2cccc(-c3ccc(-c4nc(-c5ccccc5)cc(-c5ccc(-c6ccccc6)cc5)n4)c4ccccc34)c2-c2ccc3ccccc3c21. The van der Waals surface area contributed by atoms with Crippen molar-refractivity contribution in [3.8, 4) is 67.3 Å². The van der Waals surface area contributed by atoms with Gasteiger partial charge in [-0.05, 0) is 78.2 Å². The second-order valence-electron chi connectivity index (χ2n) is 14.5. The minimum absolute atomic E-state index is 0.126. The van der Waals surface area contributed by atoms with Gasteiger partial charge in [-0.15, -0.1) is 0 Å². The molecule has 0 N–H and O–H groups in total. The quantitative estimate of drug-likeness (QED) is 0.181. The van der Waals surface area contributed by atoms with Crippen LogP contribution in [0, 0.1) is 0 Å². The maximum absolute atomic E-state index is 5.28. The van der Waals surface area contributed by atoms with Gasteiger partial charge in [0.15, 0.2) is 5.82 Å². The Morgan fingerprint density at radius 1 is 0.377 bits per heavy atom. The highest BCUT2D eigenvalue weighted by Gasteiger charge is 2.38. The van der Waals surface area contributed by atoms with Crippen molar-refractivity contribution in [1.29, 1.82) is 0 Å². The Morgan fingerprint density at radius 3 is 1.62 bits per heavy atom. The van der Waals surface area contributed by atoms with Crippen LogP contribution in [0.15, 0.2) is 182 Å². The fraction of sp³-hybridized carbons (Fsp3) is 0.0588. The molecule has 0 amide bonds. The fourth-order valence-corrected chi connectivity index (χ4v) is 8.54. The average molecular weight is 677 g/mol. The molecule has 2 nitrogen and oxygen atoms in total. The van der Waals surface area contributed by atoms with Gasteiger partial charge in [0.05, 0.1) is 11.4 Å². The summed E-state index contributed by atoms with van der Waals surface area (Å²) in [4.78, 5) is 10.5. The van der Waals surface area contributed by atoms with E-state index < -0.39 is 0 Å². The topological polar surface area (TPSA) is 25.8 Å². The van der Waals surface area contributed by atoms with Crippen LogP contribution in [-0.2, 0) is 5.41 Å². The molecule has 0 atom stereocenters. The average Bonchev–Trinajstić information content (AvgIpc) is 3.47. The van der Waals surface area contributed by atoms with Crippen molar-refractivity contribution in [3.05, 3.63) is 193 Å². The van der Waals surface area contributed by atoms with E-state index in [0.717, 1.165) is 33.5 Å². The summed E-state index contributed by atoms with van der Waals surface area (Å²) < 4.78 is 0. The number of nitrogens with zero attached hydrogens (tertiary/aromatic N) is 2. The highest BCUT2D eigenvalue weighted by Crippen LogP contribution is 2.55. The fourth-order valence-electron chi connectivity index (χ4n) is 8.54. The van der Waals surface area contributed by atoms with Gasteiger partial charge in [-0.25, -0.2) is 9.97 Å². The van der Waals surface area contributed by atoms with Crippen molar-refractivity contribution in [3.63, 3.8) is 0 Å². The van der Waals surface area contributed by atoms with Gasteiger partial charge in [-0.2, -0.15) is 0 Å². The van der Waals surface area contributed by atoms with E-state index in [2.05, 4.69) is 190 Å². The largest absolute Gasteiger partial charge is 0.228 e. The number of fused-ring (bicyclic) bond motifs is 6. The first-order valence-corrected chi connectivity index (χ1v) is 18.3. The van der Waals surface area contributed by atoms with Crippen molar-refractivity contribution >= 4 is 21.5 Å². The third-order valence-corrected chi connectivity index (χ3v) is 11.1. The Bertz CT molecular complexity index is 2830. The molecule has 0 spiro atoms. The standard InChI is InChI=1S/C51H36N2/c1-51(2)45-23-13-22-42(48(45)44-29-28-35-16-9-10-19-38(35)49(44)51)41-30-31-43(40-21-12-11-20-39(40)41)50-52-46(36-17-7-4-8-18-36)32-47(53-50)37-26-24-34(25-27-37)33-14-5-3-6-15-33/h3-32H,1-2H3. The van der Waals surface area contributed by atoms with Crippen LogP contribution >= 0.6 is 0 Å². The van der Waals surface area contributed by atoms with Gasteiger partial charge in [0.1, 0.15) is 0 Å². The van der Waals surface area contributed by atoms with E-state index in [1.165, 1.54) is 60.7 Å². The molecule has 8 aromatic carbocycles. The van der Waals surface area contributed by atoms with Crippen molar-refractivity contribution in [2.75, 3.05) is 0 Å². The summed E-state index contributed by atoms with van der Waals surface area (Å²) in [6.07, 6.45) is 0. The number of hydrogen-bond acceptors (Lipinski definition) is 2. The van der Waals surface area contributed by atoms with E-state index in [0.29, 0.717) is 5.82 Å². The van der Waals surface area contributed by atoms with Gasteiger partial charge < -0.3 is 0 Å². The Morgan fingerprint density at radius 2 is 0.906 bits per heavy atom. The van der Waals surface area contributed by atoms with Crippen molar-refractivity contribution in [2.45, 2.75) is 19.3 Å². The maximum Gasteiger partial charge on any atom is 0.161 e. The summed E-state index contributed by atoms with van der Waals surface area (Å²) >= 11 is 0. The van der Waals surface area contributed by atoms with Crippen LogP contribution in [0.25, 0.3) is 88.8 Å². The van der Waals surface area contributed by atoms with Crippen LogP contribution in [0.1, 0.15) is 25.0 Å². The highest BCUT2D eigenvalue weighted by molar-refractivity contribution is 6.09. The van der Waals surface area contributed by atoms with E-state index in [1.807, 2.05) is 6.07 Å². The highest BCUT2D eigenvalue weighted by atomic mass is 14.9. The molecule has 0 bridgehead atoms.